The van der Waals surface area contributed by atoms with Gasteiger partial charge >= 0.3 is 0 Å². The number of hydrogen-bond donors (Lipinski definition) is 1. The third-order valence-corrected chi connectivity index (χ3v) is 5.34. The molecule has 3 aliphatic rings. The van der Waals surface area contributed by atoms with Gasteiger partial charge in [-0.1, -0.05) is 0 Å². The van der Waals surface area contributed by atoms with Crippen LogP contribution in [-0.4, -0.2) is 36.5 Å². The molecule has 6 nitrogen and oxygen atoms in total. The second-order valence-electron chi connectivity index (χ2n) is 6.67. The summed E-state index contributed by atoms with van der Waals surface area (Å²) in [5.74, 6) is -3.86. The Morgan fingerprint density at radius 1 is 1.40 bits per heavy atom. The van der Waals surface area contributed by atoms with Crippen LogP contribution in [0.1, 0.15) is 38.2 Å². The van der Waals surface area contributed by atoms with Gasteiger partial charge in [-0.3, -0.25) is 4.79 Å². The summed E-state index contributed by atoms with van der Waals surface area (Å²) in [5, 5.41) is 2.55. The third kappa shape index (κ3) is 2.38. The standard InChI is InChI=1S/C17H20F2N2O4/c1-2-23-17(10-4-3-5-16(8-10)24-6-7-25-16)12-13(19)11(18)9-20-14(12)21-15(17)22/h9-10H,2-8H2,1H3,(H,20,21,22). The molecule has 1 amide bonds. The summed E-state index contributed by atoms with van der Waals surface area (Å²) < 4.78 is 45.9. The van der Waals surface area contributed by atoms with Crippen molar-refractivity contribution in [1.29, 1.82) is 0 Å². The van der Waals surface area contributed by atoms with Gasteiger partial charge in [-0.2, -0.15) is 0 Å². The van der Waals surface area contributed by atoms with Gasteiger partial charge in [-0.25, -0.2) is 13.8 Å². The van der Waals surface area contributed by atoms with Crippen LogP contribution >= 0.6 is 0 Å². The minimum Gasteiger partial charge on any atom is -0.360 e. The van der Waals surface area contributed by atoms with E-state index in [1.165, 1.54) is 0 Å². The highest BCUT2D eigenvalue weighted by atomic mass is 19.2. The number of aromatic nitrogens is 1. The van der Waals surface area contributed by atoms with Crippen LogP contribution in [-0.2, 0) is 24.6 Å². The van der Waals surface area contributed by atoms with E-state index >= 15 is 0 Å². The summed E-state index contributed by atoms with van der Waals surface area (Å²) in [6.45, 7) is 2.87. The zero-order valence-electron chi connectivity index (χ0n) is 13.9. The van der Waals surface area contributed by atoms with Crippen LogP contribution < -0.4 is 5.32 Å². The lowest BCUT2D eigenvalue weighted by atomic mass is 9.71. The molecule has 2 atom stereocenters. The maximum atomic E-state index is 14.7. The molecule has 2 fully saturated rings. The van der Waals surface area contributed by atoms with E-state index in [0.717, 1.165) is 12.6 Å². The van der Waals surface area contributed by atoms with Crippen molar-refractivity contribution in [2.75, 3.05) is 25.1 Å². The molecule has 0 aromatic carbocycles. The largest absolute Gasteiger partial charge is 0.360 e. The number of pyridine rings is 1. The molecule has 1 aromatic rings. The minimum atomic E-state index is -1.62. The summed E-state index contributed by atoms with van der Waals surface area (Å²) in [4.78, 5) is 16.7. The second-order valence-corrected chi connectivity index (χ2v) is 6.67. The van der Waals surface area contributed by atoms with Crippen molar-refractivity contribution in [1.82, 2.24) is 4.98 Å². The van der Waals surface area contributed by atoms with E-state index in [2.05, 4.69) is 10.3 Å². The predicted octanol–water partition coefficient (Wildman–Crippen LogP) is 2.48. The zero-order valence-corrected chi connectivity index (χ0v) is 13.9. The molecule has 1 saturated carbocycles. The number of ether oxygens (including phenoxy) is 3. The van der Waals surface area contributed by atoms with Crippen molar-refractivity contribution in [2.24, 2.45) is 5.92 Å². The summed E-state index contributed by atoms with van der Waals surface area (Å²) >= 11 is 0. The Bertz CT molecular complexity index is 708. The number of anilines is 1. The molecule has 1 aliphatic carbocycles. The van der Waals surface area contributed by atoms with Crippen molar-refractivity contribution in [3.05, 3.63) is 23.4 Å². The molecule has 1 aromatic heterocycles. The van der Waals surface area contributed by atoms with Gasteiger partial charge in [0.15, 0.2) is 23.0 Å². The van der Waals surface area contributed by atoms with E-state index < -0.39 is 34.8 Å². The van der Waals surface area contributed by atoms with Crippen LogP contribution in [0.5, 0.6) is 0 Å². The molecular formula is C17H20F2N2O4. The first kappa shape index (κ1) is 16.8. The van der Waals surface area contributed by atoms with E-state index in [-0.39, 0.29) is 18.0 Å². The van der Waals surface area contributed by atoms with Gasteiger partial charge in [0.2, 0.25) is 0 Å². The van der Waals surface area contributed by atoms with Gasteiger partial charge in [0.05, 0.1) is 25.0 Å². The van der Waals surface area contributed by atoms with E-state index in [9.17, 15) is 13.6 Å². The first-order chi connectivity index (χ1) is 12.0. The van der Waals surface area contributed by atoms with Crippen molar-refractivity contribution in [2.45, 2.75) is 44.0 Å². The van der Waals surface area contributed by atoms with Gasteiger partial charge < -0.3 is 19.5 Å². The molecule has 1 saturated heterocycles. The highest BCUT2D eigenvalue weighted by Gasteiger charge is 2.59. The monoisotopic (exact) mass is 354 g/mol. The van der Waals surface area contributed by atoms with Gasteiger partial charge in [-0.15, -0.1) is 0 Å². The number of carbonyl (C=O) groups is 1. The van der Waals surface area contributed by atoms with Gasteiger partial charge in [0.25, 0.3) is 5.91 Å². The van der Waals surface area contributed by atoms with Gasteiger partial charge in [0, 0.05) is 25.4 Å². The lowest BCUT2D eigenvalue weighted by molar-refractivity contribution is -0.211. The van der Waals surface area contributed by atoms with Crippen molar-refractivity contribution >= 4 is 11.7 Å². The summed E-state index contributed by atoms with van der Waals surface area (Å²) in [5.41, 5.74) is -1.76. The second kappa shape index (κ2) is 5.96. The molecule has 1 spiro atoms. The Morgan fingerprint density at radius 3 is 2.88 bits per heavy atom. The van der Waals surface area contributed by atoms with Crippen LogP contribution in [0, 0.1) is 17.6 Å². The molecule has 3 heterocycles. The Labute approximate surface area is 143 Å². The Morgan fingerprint density at radius 2 is 2.16 bits per heavy atom. The molecule has 0 radical (unpaired) electrons. The van der Waals surface area contributed by atoms with Gasteiger partial charge in [0.1, 0.15) is 5.82 Å². The number of carbonyl (C=O) groups excluding carboxylic acids is 1. The number of rotatable bonds is 3. The fourth-order valence-electron chi connectivity index (χ4n) is 4.39. The number of hydrogen-bond acceptors (Lipinski definition) is 5. The van der Waals surface area contributed by atoms with Crippen molar-refractivity contribution in [3.8, 4) is 0 Å². The third-order valence-electron chi connectivity index (χ3n) is 5.34. The quantitative estimate of drug-likeness (QED) is 0.903. The van der Waals surface area contributed by atoms with E-state index in [1.54, 1.807) is 6.92 Å². The summed E-state index contributed by atoms with van der Waals surface area (Å²) in [6.07, 6.45) is 3.23. The Hall–Kier alpha value is -1.64. The molecule has 25 heavy (non-hydrogen) atoms. The fourth-order valence-corrected chi connectivity index (χ4v) is 4.39. The lowest BCUT2D eigenvalue weighted by Crippen LogP contribution is -2.50. The van der Waals surface area contributed by atoms with Crippen LogP contribution in [0.15, 0.2) is 6.20 Å². The Kier molecular flexibility index (Phi) is 4.01. The average Bonchev–Trinajstić information content (AvgIpc) is 3.15. The van der Waals surface area contributed by atoms with Crippen LogP contribution in [0.4, 0.5) is 14.6 Å². The first-order valence-electron chi connectivity index (χ1n) is 8.60. The zero-order chi connectivity index (χ0) is 17.7. The van der Waals surface area contributed by atoms with Gasteiger partial charge in [-0.05, 0) is 19.8 Å². The average molecular weight is 354 g/mol. The topological polar surface area (TPSA) is 69.7 Å². The number of nitrogens with one attached hydrogen (secondary N) is 1. The normalized spacial score (nSPS) is 30.5. The number of amides is 1. The highest BCUT2D eigenvalue weighted by molar-refractivity contribution is 6.04. The number of fused-ring (bicyclic) bond motifs is 1. The molecule has 2 unspecified atom stereocenters. The van der Waals surface area contributed by atoms with E-state index in [4.69, 9.17) is 14.2 Å². The minimum absolute atomic E-state index is 0.0187. The SMILES string of the molecule is CCOC1(C2CCCC3(C2)OCCO3)C(=O)Nc2ncc(F)c(F)c21. The van der Waals surface area contributed by atoms with Crippen LogP contribution in [0.3, 0.4) is 0 Å². The molecule has 136 valence electrons. The van der Waals surface area contributed by atoms with Crippen LogP contribution in [0.2, 0.25) is 0 Å². The summed E-state index contributed by atoms with van der Waals surface area (Å²) in [7, 11) is 0. The van der Waals surface area contributed by atoms with E-state index in [1.807, 2.05) is 0 Å². The fraction of sp³-hybridized carbons (Fsp3) is 0.647. The molecule has 2 aliphatic heterocycles. The number of halogens is 2. The maximum Gasteiger partial charge on any atom is 0.262 e. The van der Waals surface area contributed by atoms with Crippen molar-refractivity contribution in [3.63, 3.8) is 0 Å². The van der Waals surface area contributed by atoms with Crippen LogP contribution in [0.25, 0.3) is 0 Å². The van der Waals surface area contributed by atoms with E-state index in [0.29, 0.717) is 32.5 Å². The molecule has 0 bridgehead atoms. The van der Waals surface area contributed by atoms with Crippen molar-refractivity contribution < 1.29 is 27.8 Å². The highest BCUT2D eigenvalue weighted by Crippen LogP contribution is 2.52. The predicted molar refractivity (Wildman–Crippen MR) is 82.7 cm³/mol. The number of nitrogens with zero attached hydrogens (tertiary/aromatic N) is 1. The smallest absolute Gasteiger partial charge is 0.262 e. The molecule has 8 heteroatoms. The molecule has 4 rings (SSSR count). The maximum absolute atomic E-state index is 14.7. The lowest BCUT2D eigenvalue weighted by Gasteiger charge is -2.43. The Balaban J connectivity index is 1.81. The molecular weight excluding hydrogens is 334 g/mol. The summed E-state index contributed by atoms with van der Waals surface area (Å²) in [6, 6.07) is 0. The molecule has 1 N–H and O–H groups in total. The first-order valence-corrected chi connectivity index (χ1v) is 8.60.